The van der Waals surface area contributed by atoms with Crippen LogP contribution in [-0.2, 0) is 6.42 Å². The van der Waals surface area contributed by atoms with Crippen LogP contribution >= 0.6 is 0 Å². The molecule has 102 valence electrons. The number of pyridine rings is 1. The predicted octanol–water partition coefficient (Wildman–Crippen LogP) is -2.04. The second kappa shape index (κ2) is 7.38. The summed E-state index contributed by atoms with van der Waals surface area (Å²) in [6.45, 7) is 0. The molecule has 2 aromatic heterocycles. The Morgan fingerprint density at radius 3 is 2.67 bits per heavy atom. The number of fused-ring (bicyclic) bond motifs is 1. The normalized spacial score (nSPS) is 9.71. The third-order valence-corrected chi connectivity index (χ3v) is 2.91. The van der Waals surface area contributed by atoms with Gasteiger partial charge < -0.3 is 19.8 Å². The van der Waals surface area contributed by atoms with E-state index in [0.29, 0.717) is 5.58 Å². The maximum Gasteiger partial charge on any atom is 1.00 e. The predicted molar refractivity (Wildman–Crippen MR) is 71.2 cm³/mol. The molecular formula is C15H12NNaO4. The van der Waals surface area contributed by atoms with E-state index in [1.807, 2.05) is 30.5 Å². The van der Waals surface area contributed by atoms with E-state index < -0.39 is 5.97 Å². The average molecular weight is 293 g/mol. The molecule has 1 aromatic carbocycles. The molecule has 5 nitrogen and oxygen atoms in total. The molecule has 0 aliphatic carbocycles. The van der Waals surface area contributed by atoms with Crippen LogP contribution in [0.3, 0.4) is 0 Å². The Morgan fingerprint density at radius 1 is 1.19 bits per heavy atom. The van der Waals surface area contributed by atoms with Gasteiger partial charge in [0, 0.05) is 17.8 Å². The smallest absolute Gasteiger partial charge is 0.542 e. The summed E-state index contributed by atoms with van der Waals surface area (Å²) in [5.74, 6) is -1.45. The van der Waals surface area contributed by atoms with Crippen molar-refractivity contribution in [3.63, 3.8) is 0 Å². The van der Waals surface area contributed by atoms with Crippen LogP contribution in [0.15, 0.2) is 53.2 Å². The number of carboxylic acid groups (broad SMARTS) is 1. The second-order valence-corrected chi connectivity index (χ2v) is 4.31. The van der Waals surface area contributed by atoms with Gasteiger partial charge in [0.2, 0.25) is 0 Å². The van der Waals surface area contributed by atoms with Gasteiger partial charge in [-0.1, -0.05) is 12.1 Å². The van der Waals surface area contributed by atoms with E-state index in [1.54, 1.807) is 12.3 Å². The molecule has 0 saturated heterocycles. The van der Waals surface area contributed by atoms with Crippen LogP contribution in [0.1, 0.15) is 21.7 Å². The number of carboxylic acids is 1. The Morgan fingerprint density at radius 2 is 2.00 bits per heavy atom. The number of hydrogen-bond donors (Lipinski definition) is 0. The van der Waals surface area contributed by atoms with Gasteiger partial charge >= 0.3 is 29.6 Å². The van der Waals surface area contributed by atoms with Gasteiger partial charge in [0.25, 0.3) is 0 Å². The zero-order valence-electron chi connectivity index (χ0n) is 11.5. The van der Waals surface area contributed by atoms with Crippen molar-refractivity contribution in [3.8, 4) is 0 Å². The number of nitrogens with zero attached hydrogens (tertiary/aromatic N) is 1. The van der Waals surface area contributed by atoms with Crippen LogP contribution in [-0.4, -0.2) is 16.4 Å². The molecule has 0 amide bonds. The fraction of sp³-hybridized carbons (Fsp3) is 0.0667. The average Bonchev–Trinajstić information content (AvgIpc) is 2.83. The van der Waals surface area contributed by atoms with Crippen LogP contribution in [0.5, 0.6) is 0 Å². The topological polar surface area (TPSA) is 97.7 Å². The second-order valence-electron chi connectivity index (χ2n) is 4.31. The molecule has 0 radical (unpaired) electrons. The summed E-state index contributed by atoms with van der Waals surface area (Å²) in [5.41, 5.74) is 2.73. The van der Waals surface area contributed by atoms with Crippen LogP contribution in [0.25, 0.3) is 11.0 Å². The van der Waals surface area contributed by atoms with Crippen molar-refractivity contribution in [2.24, 2.45) is 0 Å². The first-order valence-electron chi connectivity index (χ1n) is 5.85. The van der Waals surface area contributed by atoms with Gasteiger partial charge in [-0.15, -0.1) is 0 Å². The number of rotatable bonds is 3. The number of aromatic carboxylic acids is 1. The van der Waals surface area contributed by atoms with Gasteiger partial charge in [0.05, 0.1) is 0 Å². The summed E-state index contributed by atoms with van der Waals surface area (Å²) < 4.78 is 5.16. The minimum Gasteiger partial charge on any atom is -0.542 e. The zero-order valence-corrected chi connectivity index (χ0v) is 13.5. The number of benzene rings is 1. The molecule has 0 aliphatic heterocycles. The van der Waals surface area contributed by atoms with Crippen molar-refractivity contribution in [1.29, 1.82) is 0 Å². The number of aromatic nitrogens is 1. The Balaban J connectivity index is 0.00000110. The quantitative estimate of drug-likeness (QED) is 0.520. The van der Waals surface area contributed by atoms with Gasteiger partial charge in [-0.3, -0.25) is 4.98 Å². The van der Waals surface area contributed by atoms with Gasteiger partial charge in [0.1, 0.15) is 11.6 Å². The molecule has 0 aliphatic rings. The SMILES string of the molecule is O.O=C([O-])c1cc2cc(Cc3cccnc3)ccc2o1.[Na+]. The van der Waals surface area contributed by atoms with E-state index in [-0.39, 0.29) is 40.8 Å². The molecular weight excluding hydrogens is 281 g/mol. The van der Waals surface area contributed by atoms with E-state index in [4.69, 9.17) is 4.42 Å². The number of carbonyl (C=O) groups excluding carboxylic acids is 1. The largest absolute Gasteiger partial charge is 1.00 e. The Labute approximate surface area is 143 Å². The monoisotopic (exact) mass is 293 g/mol. The summed E-state index contributed by atoms with van der Waals surface area (Å²) in [4.78, 5) is 14.8. The summed E-state index contributed by atoms with van der Waals surface area (Å²) >= 11 is 0. The third kappa shape index (κ3) is 3.92. The summed E-state index contributed by atoms with van der Waals surface area (Å²) in [6, 6.07) is 11.0. The first-order chi connectivity index (χ1) is 9.22. The van der Waals surface area contributed by atoms with E-state index in [9.17, 15) is 9.90 Å². The first-order valence-corrected chi connectivity index (χ1v) is 5.85. The number of furan rings is 1. The van der Waals surface area contributed by atoms with E-state index >= 15 is 0 Å². The van der Waals surface area contributed by atoms with Crippen LogP contribution < -0.4 is 34.7 Å². The molecule has 0 fully saturated rings. The minimum atomic E-state index is -1.30. The van der Waals surface area contributed by atoms with Crippen molar-refractivity contribution in [1.82, 2.24) is 4.98 Å². The van der Waals surface area contributed by atoms with Crippen molar-refractivity contribution >= 4 is 16.9 Å². The molecule has 21 heavy (non-hydrogen) atoms. The molecule has 0 saturated carbocycles. The third-order valence-electron chi connectivity index (χ3n) is 2.91. The number of carbonyl (C=O) groups is 1. The van der Waals surface area contributed by atoms with Crippen molar-refractivity contribution in [2.45, 2.75) is 6.42 Å². The fourth-order valence-electron chi connectivity index (χ4n) is 2.04. The van der Waals surface area contributed by atoms with Gasteiger partial charge in [0.15, 0.2) is 5.76 Å². The van der Waals surface area contributed by atoms with Crippen LogP contribution in [0, 0.1) is 0 Å². The van der Waals surface area contributed by atoms with Crippen molar-refractivity contribution < 1.29 is 49.4 Å². The zero-order chi connectivity index (χ0) is 13.2. The Kier molecular flexibility index (Phi) is 6.11. The molecule has 6 heteroatoms. The van der Waals surface area contributed by atoms with E-state index in [1.165, 1.54) is 6.07 Å². The van der Waals surface area contributed by atoms with Gasteiger partial charge in [-0.25, -0.2) is 0 Å². The van der Waals surface area contributed by atoms with E-state index in [0.717, 1.165) is 22.9 Å². The van der Waals surface area contributed by atoms with Crippen molar-refractivity contribution in [2.75, 3.05) is 0 Å². The standard InChI is InChI=1S/C15H11NO3.Na.H2O/c17-15(18)14-8-12-7-10(3-4-13(12)19-14)6-11-2-1-5-16-9-11;;/h1-5,7-9H,6H2,(H,17,18);;1H2/q;+1;/p-1. The van der Waals surface area contributed by atoms with Crippen LogP contribution in [0.2, 0.25) is 0 Å². The first kappa shape index (κ1) is 17.4. The molecule has 3 aromatic rings. The fourth-order valence-corrected chi connectivity index (χ4v) is 2.04. The van der Waals surface area contributed by atoms with Gasteiger partial charge in [-0.05, 0) is 41.8 Å². The molecule has 2 heterocycles. The number of hydrogen-bond acceptors (Lipinski definition) is 4. The van der Waals surface area contributed by atoms with Gasteiger partial charge in [-0.2, -0.15) is 0 Å². The molecule has 0 atom stereocenters. The maximum atomic E-state index is 10.7. The molecule has 2 N–H and O–H groups in total. The Bertz CT molecular complexity index is 740. The molecule has 3 rings (SSSR count). The van der Waals surface area contributed by atoms with Crippen molar-refractivity contribution in [3.05, 3.63) is 65.7 Å². The summed E-state index contributed by atoms with van der Waals surface area (Å²) in [7, 11) is 0. The molecule has 0 unspecified atom stereocenters. The minimum absolute atomic E-state index is 0. The Hall–Kier alpha value is -1.66. The maximum absolute atomic E-state index is 10.7. The summed E-state index contributed by atoms with van der Waals surface area (Å²) in [5, 5.41) is 11.5. The molecule has 0 bridgehead atoms. The van der Waals surface area contributed by atoms with E-state index in [2.05, 4.69) is 4.98 Å². The molecule has 0 spiro atoms. The van der Waals surface area contributed by atoms with Crippen LogP contribution in [0.4, 0.5) is 0 Å². The summed E-state index contributed by atoms with van der Waals surface area (Å²) in [6.07, 6.45) is 4.29.